The number of hydrogen-bond donors (Lipinski definition) is 2. The third kappa shape index (κ3) is 4.38. The van der Waals surface area contributed by atoms with Gasteiger partial charge in [0.25, 0.3) is 0 Å². The number of nitrogens with one attached hydrogen (secondary N) is 1. The highest BCUT2D eigenvalue weighted by atomic mass is 16.7. The summed E-state index contributed by atoms with van der Waals surface area (Å²) in [6.45, 7) is 11.0. The lowest BCUT2D eigenvalue weighted by atomic mass is 9.46. The van der Waals surface area contributed by atoms with Crippen molar-refractivity contribution >= 4 is 11.8 Å². The minimum atomic E-state index is -0.352. The molecular weight excluding hydrogens is 414 g/mol. The zero-order valence-electron chi connectivity index (χ0n) is 21.4. The van der Waals surface area contributed by atoms with Crippen LogP contribution in [-0.2, 0) is 4.84 Å². The van der Waals surface area contributed by atoms with Gasteiger partial charge in [0.2, 0.25) is 0 Å². The van der Waals surface area contributed by atoms with E-state index < -0.39 is 0 Å². The quantitative estimate of drug-likeness (QED) is 0.254. The second-order valence-electron chi connectivity index (χ2n) is 11.6. The standard InChI is InChI=1S/C27H45N3O3/c1-6-30(16-15-28-5)25(32)33-29-18(2)22-9-10-23-21-8-7-19-17-20(31)11-13-26(19,3)24(21)12-14-27(22,23)4/h17,20-24,28,31H,6-16H2,1-5H3/b29-18+/t20-,21+,22-,23+,24+,26+,27-/m1/s1. The number of carbonyl (C=O) groups excluding carboxylic acids is 1. The second kappa shape index (κ2) is 9.69. The molecule has 3 fully saturated rings. The normalized spacial score (nSPS) is 40.4. The van der Waals surface area contributed by atoms with Gasteiger partial charge in [-0.05, 0) is 101 Å². The average Bonchev–Trinajstić information content (AvgIpc) is 3.15. The molecule has 3 saturated carbocycles. The summed E-state index contributed by atoms with van der Waals surface area (Å²) in [5.41, 5.74) is 3.03. The highest BCUT2D eigenvalue weighted by Crippen LogP contribution is 2.66. The van der Waals surface area contributed by atoms with E-state index in [9.17, 15) is 9.90 Å². The van der Waals surface area contributed by atoms with Gasteiger partial charge < -0.3 is 15.3 Å². The Balaban J connectivity index is 1.46. The van der Waals surface area contributed by atoms with Crippen LogP contribution in [0.2, 0.25) is 0 Å². The zero-order valence-corrected chi connectivity index (χ0v) is 21.4. The molecule has 4 aliphatic carbocycles. The number of carbonyl (C=O) groups is 1. The van der Waals surface area contributed by atoms with Crippen molar-refractivity contribution in [3.8, 4) is 0 Å². The maximum atomic E-state index is 12.5. The first-order chi connectivity index (χ1) is 15.7. The van der Waals surface area contributed by atoms with Crippen LogP contribution in [0.4, 0.5) is 4.79 Å². The molecule has 0 aromatic heterocycles. The first-order valence-electron chi connectivity index (χ1n) is 13.3. The van der Waals surface area contributed by atoms with Gasteiger partial charge in [0.15, 0.2) is 0 Å². The number of hydrogen-bond acceptors (Lipinski definition) is 5. The van der Waals surface area contributed by atoms with E-state index in [0.29, 0.717) is 19.0 Å². The van der Waals surface area contributed by atoms with E-state index in [-0.39, 0.29) is 23.0 Å². The minimum Gasteiger partial charge on any atom is -0.389 e. The molecule has 4 rings (SSSR count). The molecule has 186 valence electrons. The molecule has 33 heavy (non-hydrogen) atoms. The molecular formula is C27H45N3O3. The maximum absolute atomic E-state index is 12.5. The Bertz CT molecular complexity index is 795. The fraction of sp³-hybridized carbons (Fsp3) is 0.852. The van der Waals surface area contributed by atoms with Gasteiger partial charge in [0.05, 0.1) is 11.8 Å². The third-order valence-corrected chi connectivity index (χ3v) is 10.1. The van der Waals surface area contributed by atoms with Crippen LogP contribution in [0.3, 0.4) is 0 Å². The summed E-state index contributed by atoms with van der Waals surface area (Å²) in [6.07, 6.45) is 10.9. The third-order valence-electron chi connectivity index (χ3n) is 10.1. The lowest BCUT2D eigenvalue weighted by Gasteiger charge is -2.58. The van der Waals surface area contributed by atoms with Crippen LogP contribution < -0.4 is 5.32 Å². The summed E-state index contributed by atoms with van der Waals surface area (Å²) in [5.74, 6) is 2.61. The molecule has 1 amide bonds. The first-order valence-corrected chi connectivity index (χ1v) is 13.3. The first kappa shape index (κ1) is 24.7. The summed E-state index contributed by atoms with van der Waals surface area (Å²) in [5, 5.41) is 17.7. The molecule has 0 radical (unpaired) electrons. The monoisotopic (exact) mass is 459 g/mol. The number of nitrogens with zero attached hydrogens (tertiary/aromatic N) is 2. The van der Waals surface area contributed by atoms with Crippen molar-refractivity contribution in [2.75, 3.05) is 26.7 Å². The van der Waals surface area contributed by atoms with Crippen LogP contribution in [0.25, 0.3) is 0 Å². The topological polar surface area (TPSA) is 74.2 Å². The van der Waals surface area contributed by atoms with Gasteiger partial charge in [0, 0.05) is 25.6 Å². The van der Waals surface area contributed by atoms with E-state index in [4.69, 9.17) is 4.84 Å². The molecule has 0 bridgehead atoms. The molecule has 4 aliphatic rings. The molecule has 0 heterocycles. The van der Waals surface area contributed by atoms with Gasteiger partial charge in [-0.15, -0.1) is 0 Å². The Labute approximate surface area is 200 Å². The number of aliphatic hydroxyl groups excluding tert-OH is 1. The predicted octanol–water partition coefficient (Wildman–Crippen LogP) is 4.98. The Morgan fingerprint density at radius 1 is 1.21 bits per heavy atom. The van der Waals surface area contributed by atoms with Crippen molar-refractivity contribution < 1.29 is 14.7 Å². The molecule has 0 aromatic rings. The van der Waals surface area contributed by atoms with E-state index in [1.54, 1.807) is 4.90 Å². The van der Waals surface area contributed by atoms with E-state index in [1.165, 1.54) is 31.3 Å². The number of fused-ring (bicyclic) bond motifs is 5. The molecule has 7 atom stereocenters. The summed E-state index contributed by atoms with van der Waals surface area (Å²) in [7, 11) is 1.88. The van der Waals surface area contributed by atoms with E-state index in [1.807, 2.05) is 14.0 Å². The number of oxime groups is 1. The summed E-state index contributed by atoms with van der Waals surface area (Å²) in [4.78, 5) is 19.6. The number of aliphatic hydroxyl groups is 1. The van der Waals surface area contributed by atoms with E-state index in [2.05, 4.69) is 37.3 Å². The van der Waals surface area contributed by atoms with Crippen molar-refractivity contribution in [1.29, 1.82) is 0 Å². The highest BCUT2D eigenvalue weighted by Gasteiger charge is 2.59. The van der Waals surface area contributed by atoms with Crippen molar-refractivity contribution in [3.63, 3.8) is 0 Å². The molecule has 0 spiro atoms. The van der Waals surface area contributed by atoms with Crippen LogP contribution in [0.1, 0.15) is 79.1 Å². The van der Waals surface area contributed by atoms with Crippen molar-refractivity contribution in [1.82, 2.24) is 10.2 Å². The summed E-state index contributed by atoms with van der Waals surface area (Å²) in [6, 6.07) is 0. The van der Waals surface area contributed by atoms with E-state index in [0.717, 1.165) is 55.7 Å². The van der Waals surface area contributed by atoms with Crippen LogP contribution in [0.15, 0.2) is 16.8 Å². The summed E-state index contributed by atoms with van der Waals surface area (Å²) < 4.78 is 0. The van der Waals surface area contributed by atoms with Crippen molar-refractivity contribution in [3.05, 3.63) is 11.6 Å². The van der Waals surface area contributed by atoms with Crippen molar-refractivity contribution in [2.45, 2.75) is 85.2 Å². The SMILES string of the molecule is CCN(CCNC)C(=O)O/N=C(\C)[C@H]1CC[C@H]2[C@@H]3CCC4=C[C@H](O)CC[C@]4(C)[C@H]3CC[C@]12C. The molecule has 0 saturated heterocycles. The smallest absolute Gasteiger partial charge is 0.389 e. The Morgan fingerprint density at radius 2 is 2.00 bits per heavy atom. The lowest BCUT2D eigenvalue weighted by Crippen LogP contribution is -2.51. The average molecular weight is 460 g/mol. The van der Waals surface area contributed by atoms with Crippen molar-refractivity contribution in [2.24, 2.45) is 39.7 Å². The Morgan fingerprint density at radius 3 is 2.73 bits per heavy atom. The molecule has 0 aromatic carbocycles. The lowest BCUT2D eigenvalue weighted by molar-refractivity contribution is -0.0479. The van der Waals surface area contributed by atoms with Gasteiger partial charge in [-0.3, -0.25) is 4.84 Å². The molecule has 6 nitrogen and oxygen atoms in total. The Hall–Kier alpha value is -1.40. The second-order valence-corrected chi connectivity index (χ2v) is 11.6. The van der Waals surface area contributed by atoms with Crippen LogP contribution in [0, 0.1) is 34.5 Å². The van der Waals surface area contributed by atoms with Gasteiger partial charge in [-0.1, -0.05) is 30.7 Å². The number of allylic oxidation sites excluding steroid dienone is 1. The number of likely N-dealkylation sites (N-methyl/N-ethyl adjacent to an activating group) is 2. The zero-order chi connectivity index (χ0) is 23.8. The molecule has 6 heteroatoms. The Kier molecular flexibility index (Phi) is 7.26. The molecule has 2 N–H and O–H groups in total. The predicted molar refractivity (Wildman–Crippen MR) is 132 cm³/mol. The maximum Gasteiger partial charge on any atom is 0.436 e. The highest BCUT2D eigenvalue weighted by molar-refractivity contribution is 5.85. The number of amides is 1. The minimum absolute atomic E-state index is 0.238. The fourth-order valence-corrected chi connectivity index (χ4v) is 8.25. The van der Waals surface area contributed by atoms with Gasteiger partial charge in [0.1, 0.15) is 0 Å². The van der Waals surface area contributed by atoms with Gasteiger partial charge in [-0.2, -0.15) is 0 Å². The van der Waals surface area contributed by atoms with Crippen LogP contribution in [0.5, 0.6) is 0 Å². The van der Waals surface area contributed by atoms with Gasteiger partial charge in [-0.25, -0.2) is 4.79 Å². The fourth-order valence-electron chi connectivity index (χ4n) is 8.25. The summed E-state index contributed by atoms with van der Waals surface area (Å²) >= 11 is 0. The van der Waals surface area contributed by atoms with Gasteiger partial charge >= 0.3 is 6.09 Å². The molecule has 0 unspecified atom stereocenters. The molecule has 0 aliphatic heterocycles. The van der Waals surface area contributed by atoms with E-state index >= 15 is 0 Å². The largest absolute Gasteiger partial charge is 0.436 e. The van der Waals surface area contributed by atoms with Crippen LogP contribution >= 0.6 is 0 Å². The van der Waals surface area contributed by atoms with Crippen LogP contribution in [-0.4, -0.2) is 54.6 Å². The number of rotatable bonds is 6.